The molecule has 0 aliphatic carbocycles. The van der Waals surface area contributed by atoms with Crippen molar-refractivity contribution in [1.29, 1.82) is 10.5 Å². The molecular weight excluding hydrogens is 281 g/mol. The highest BCUT2D eigenvalue weighted by Crippen LogP contribution is 2.30. The third kappa shape index (κ3) is 5.19. The minimum Gasteiger partial charge on any atom is -0.406 e. The lowest BCUT2D eigenvalue weighted by atomic mass is 9.80. The number of halogens is 3. The predicted octanol–water partition coefficient (Wildman–Crippen LogP) is 4.13. The van der Waals surface area contributed by atoms with Crippen LogP contribution in [-0.2, 0) is 6.42 Å². The van der Waals surface area contributed by atoms with Gasteiger partial charge in [0.05, 0.1) is 12.1 Å². The molecule has 0 aliphatic rings. The molecule has 0 atom stereocenters. The normalized spacial score (nSPS) is 11.3. The zero-order valence-corrected chi connectivity index (χ0v) is 11.2. The quantitative estimate of drug-likeness (QED) is 0.741. The van der Waals surface area contributed by atoms with E-state index in [0.29, 0.717) is 12.0 Å². The summed E-state index contributed by atoms with van der Waals surface area (Å²) in [5.41, 5.74) is -0.852. The van der Waals surface area contributed by atoms with Gasteiger partial charge in [0, 0.05) is 6.42 Å². The Bertz CT molecular complexity index is 568. The smallest absolute Gasteiger partial charge is 0.406 e. The van der Waals surface area contributed by atoms with E-state index in [9.17, 15) is 23.7 Å². The summed E-state index contributed by atoms with van der Waals surface area (Å²) in [4.78, 5) is 0. The summed E-state index contributed by atoms with van der Waals surface area (Å²) in [5.74, 6) is -0.367. The summed E-state index contributed by atoms with van der Waals surface area (Å²) in [7, 11) is 0. The molecular formula is C15H13F3N2O. The van der Waals surface area contributed by atoms with Crippen LogP contribution in [0, 0.1) is 28.1 Å². The molecule has 0 spiro atoms. The van der Waals surface area contributed by atoms with Crippen LogP contribution in [0.3, 0.4) is 0 Å². The highest BCUT2D eigenvalue weighted by Gasteiger charge is 2.32. The fourth-order valence-electron chi connectivity index (χ4n) is 1.85. The van der Waals surface area contributed by atoms with E-state index in [1.165, 1.54) is 18.2 Å². The summed E-state index contributed by atoms with van der Waals surface area (Å²) in [5, 5.41) is 18.4. The largest absolute Gasteiger partial charge is 0.573 e. The molecule has 0 heterocycles. The van der Waals surface area contributed by atoms with Gasteiger partial charge in [0.1, 0.15) is 11.2 Å². The molecule has 0 amide bonds. The summed E-state index contributed by atoms with van der Waals surface area (Å²) in [6.45, 7) is 3.53. The summed E-state index contributed by atoms with van der Waals surface area (Å²) < 4.78 is 40.3. The molecule has 0 fully saturated rings. The van der Waals surface area contributed by atoms with Crippen molar-refractivity contribution in [2.45, 2.75) is 25.6 Å². The minimum atomic E-state index is -4.77. The topological polar surface area (TPSA) is 56.8 Å². The highest BCUT2D eigenvalue weighted by atomic mass is 19.4. The van der Waals surface area contributed by atoms with Crippen LogP contribution in [0.25, 0.3) is 0 Å². The number of nitriles is 2. The van der Waals surface area contributed by atoms with Gasteiger partial charge in [0.15, 0.2) is 0 Å². The van der Waals surface area contributed by atoms with Gasteiger partial charge in [-0.3, -0.25) is 0 Å². The fourth-order valence-corrected chi connectivity index (χ4v) is 1.85. The molecule has 21 heavy (non-hydrogen) atoms. The predicted molar refractivity (Wildman–Crippen MR) is 69.9 cm³/mol. The number of benzene rings is 1. The number of ether oxygens (including phenoxy) is 1. The molecule has 0 radical (unpaired) electrons. The van der Waals surface area contributed by atoms with Crippen molar-refractivity contribution in [3.63, 3.8) is 0 Å². The average molecular weight is 294 g/mol. The van der Waals surface area contributed by atoms with E-state index in [2.05, 4.69) is 11.3 Å². The lowest BCUT2D eigenvalue weighted by molar-refractivity contribution is -0.274. The minimum absolute atomic E-state index is 0.0307. The third-order valence-electron chi connectivity index (χ3n) is 2.84. The first-order valence-corrected chi connectivity index (χ1v) is 6.12. The van der Waals surface area contributed by atoms with Gasteiger partial charge in [0.25, 0.3) is 0 Å². The average Bonchev–Trinajstić information content (AvgIpc) is 2.42. The van der Waals surface area contributed by atoms with Gasteiger partial charge >= 0.3 is 6.36 Å². The number of nitrogens with zero attached hydrogens (tertiary/aromatic N) is 2. The van der Waals surface area contributed by atoms with E-state index in [1.807, 2.05) is 12.1 Å². The Morgan fingerprint density at radius 3 is 2.43 bits per heavy atom. The van der Waals surface area contributed by atoms with Crippen LogP contribution in [0.2, 0.25) is 0 Å². The zero-order valence-electron chi connectivity index (χ0n) is 11.2. The van der Waals surface area contributed by atoms with Gasteiger partial charge in [-0.25, -0.2) is 0 Å². The molecule has 0 bridgehead atoms. The molecule has 0 aliphatic heterocycles. The van der Waals surface area contributed by atoms with Crippen molar-refractivity contribution in [1.82, 2.24) is 0 Å². The second kappa shape index (κ2) is 6.81. The highest BCUT2D eigenvalue weighted by molar-refractivity contribution is 5.32. The molecule has 1 aromatic carbocycles. The van der Waals surface area contributed by atoms with E-state index in [1.54, 1.807) is 12.1 Å². The molecule has 6 heteroatoms. The Kier molecular flexibility index (Phi) is 5.37. The van der Waals surface area contributed by atoms with Crippen molar-refractivity contribution in [3.05, 3.63) is 42.5 Å². The summed E-state index contributed by atoms with van der Waals surface area (Å²) in [6.07, 6.45) is -2.41. The van der Waals surface area contributed by atoms with Crippen LogP contribution >= 0.6 is 0 Å². The van der Waals surface area contributed by atoms with Crippen LogP contribution in [0.5, 0.6) is 5.75 Å². The van der Waals surface area contributed by atoms with Gasteiger partial charge in [0.2, 0.25) is 0 Å². The Hall–Kier alpha value is -2.47. The fraction of sp³-hybridized carbons (Fsp3) is 0.333. The molecule has 0 saturated carbocycles. The Labute approximate surface area is 120 Å². The van der Waals surface area contributed by atoms with Crippen LogP contribution in [0.15, 0.2) is 36.9 Å². The summed E-state index contributed by atoms with van der Waals surface area (Å²) >= 11 is 0. The maximum Gasteiger partial charge on any atom is 0.573 e. The van der Waals surface area contributed by atoms with Crippen molar-refractivity contribution >= 4 is 0 Å². The molecule has 0 aromatic heterocycles. The lowest BCUT2D eigenvalue weighted by Crippen LogP contribution is -2.20. The summed E-state index contributed by atoms with van der Waals surface area (Å²) in [6, 6.07) is 9.19. The Morgan fingerprint density at radius 2 is 1.90 bits per heavy atom. The second-order valence-electron chi connectivity index (χ2n) is 4.51. The van der Waals surface area contributed by atoms with Crippen LogP contribution in [0.1, 0.15) is 18.4 Å². The maximum atomic E-state index is 12.2. The van der Waals surface area contributed by atoms with Gasteiger partial charge in [-0.05, 0) is 30.5 Å². The molecule has 0 unspecified atom stereocenters. The molecule has 3 nitrogen and oxygen atoms in total. The van der Waals surface area contributed by atoms with Crippen molar-refractivity contribution in [2.24, 2.45) is 5.41 Å². The van der Waals surface area contributed by atoms with Crippen molar-refractivity contribution in [2.75, 3.05) is 0 Å². The van der Waals surface area contributed by atoms with Gasteiger partial charge < -0.3 is 4.74 Å². The van der Waals surface area contributed by atoms with Gasteiger partial charge in [-0.2, -0.15) is 10.5 Å². The van der Waals surface area contributed by atoms with Crippen molar-refractivity contribution in [3.8, 4) is 17.9 Å². The van der Waals surface area contributed by atoms with Crippen molar-refractivity contribution < 1.29 is 17.9 Å². The Morgan fingerprint density at radius 1 is 1.24 bits per heavy atom. The van der Waals surface area contributed by atoms with Crippen LogP contribution in [-0.4, -0.2) is 6.36 Å². The number of rotatable bonds is 6. The lowest BCUT2D eigenvalue weighted by Gasteiger charge is -2.18. The Balaban J connectivity index is 2.95. The van der Waals surface area contributed by atoms with Gasteiger partial charge in [-0.1, -0.05) is 18.2 Å². The second-order valence-corrected chi connectivity index (χ2v) is 4.51. The molecule has 0 saturated heterocycles. The maximum absolute atomic E-state index is 12.2. The van der Waals surface area contributed by atoms with E-state index >= 15 is 0 Å². The number of hydrogen-bond donors (Lipinski definition) is 0. The van der Waals surface area contributed by atoms with E-state index in [0.717, 1.165) is 0 Å². The number of alkyl halides is 3. The molecule has 1 rings (SSSR count). The number of allylic oxidation sites excluding steroid dienone is 1. The first kappa shape index (κ1) is 16.6. The number of hydrogen-bond acceptors (Lipinski definition) is 3. The zero-order chi connectivity index (χ0) is 15.9. The molecule has 0 N–H and O–H groups in total. The van der Waals surface area contributed by atoms with Gasteiger partial charge in [-0.15, -0.1) is 19.8 Å². The van der Waals surface area contributed by atoms with Crippen LogP contribution < -0.4 is 4.74 Å². The standard InChI is InChI=1S/C15H13F3N2O/c1-2-3-7-14(10-19,11-20)9-12-5-4-6-13(8-12)21-15(16,17)18/h2,4-6,8H,1,3,7,9H2. The van der Waals surface area contributed by atoms with E-state index < -0.39 is 11.8 Å². The van der Waals surface area contributed by atoms with E-state index in [-0.39, 0.29) is 18.6 Å². The molecule has 1 aromatic rings. The third-order valence-corrected chi connectivity index (χ3v) is 2.84. The first-order valence-electron chi connectivity index (χ1n) is 6.12. The SMILES string of the molecule is C=CCCC(C#N)(C#N)Cc1cccc(OC(F)(F)F)c1. The first-order chi connectivity index (χ1) is 9.84. The van der Waals surface area contributed by atoms with E-state index in [4.69, 9.17) is 0 Å². The molecule has 110 valence electrons. The van der Waals surface area contributed by atoms with Crippen LogP contribution in [0.4, 0.5) is 13.2 Å². The monoisotopic (exact) mass is 294 g/mol.